The summed E-state index contributed by atoms with van der Waals surface area (Å²) in [6.07, 6.45) is 2.09. The smallest absolute Gasteiger partial charge is 0.190 e. The number of quaternary nitrogens is 1. The van der Waals surface area contributed by atoms with Crippen LogP contribution in [0, 0.1) is 63.6 Å². The Morgan fingerprint density at radius 2 is 1.90 bits per heavy atom. The zero-order valence-corrected chi connectivity index (χ0v) is 17.5. The SMILES string of the molecule is Cc1ccsc1[C@H]1[C@@H]2C[NH+](Cc3ccccc3)CC=C2[C@H](C#N)C(=N)C1(C#N)C#N. The van der Waals surface area contributed by atoms with Crippen LogP contribution in [0.4, 0.5) is 0 Å². The molecule has 0 radical (unpaired) electrons. The van der Waals surface area contributed by atoms with Crippen molar-refractivity contribution >= 4 is 17.0 Å². The Morgan fingerprint density at radius 3 is 2.50 bits per heavy atom. The first-order valence-corrected chi connectivity index (χ1v) is 10.9. The molecular weight excluding hydrogens is 390 g/mol. The molecule has 1 aliphatic heterocycles. The number of thiophene rings is 1. The van der Waals surface area contributed by atoms with Crippen LogP contribution >= 0.6 is 11.3 Å². The normalized spacial score (nSPS) is 27.1. The number of hydrogen-bond acceptors (Lipinski definition) is 5. The maximum absolute atomic E-state index is 10.1. The molecule has 0 bridgehead atoms. The van der Waals surface area contributed by atoms with Crippen molar-refractivity contribution in [3.05, 3.63) is 69.4 Å². The van der Waals surface area contributed by atoms with Crippen molar-refractivity contribution in [2.75, 3.05) is 13.1 Å². The molecule has 1 aromatic heterocycles. The summed E-state index contributed by atoms with van der Waals surface area (Å²) < 4.78 is 0. The van der Waals surface area contributed by atoms with E-state index >= 15 is 0 Å². The predicted molar refractivity (Wildman–Crippen MR) is 115 cm³/mol. The molecule has 0 spiro atoms. The Bertz CT molecular complexity index is 1110. The standard InChI is InChI=1S/C24H21N5S/c1-16-8-10-30-22(16)21-20-13-29(12-17-5-3-2-4-6-17)9-7-18(20)19(11-25)23(28)24(21,14-26)15-27/h2-8,10,19-21,28H,9,12-13H2,1H3/p+1/t19-,20+,21+/m0/s1. The van der Waals surface area contributed by atoms with Gasteiger partial charge in [0, 0.05) is 22.3 Å². The van der Waals surface area contributed by atoms with Gasteiger partial charge in [-0.1, -0.05) is 30.3 Å². The van der Waals surface area contributed by atoms with Gasteiger partial charge in [-0.05, 0) is 35.6 Å². The van der Waals surface area contributed by atoms with E-state index in [9.17, 15) is 15.8 Å². The molecule has 1 unspecified atom stereocenters. The maximum Gasteiger partial charge on any atom is 0.190 e. The van der Waals surface area contributed by atoms with Gasteiger partial charge in [-0.25, -0.2) is 0 Å². The first-order valence-electron chi connectivity index (χ1n) is 9.98. The third-order valence-electron chi connectivity index (χ3n) is 6.44. The molecule has 4 atom stereocenters. The van der Waals surface area contributed by atoms with Gasteiger partial charge < -0.3 is 10.3 Å². The summed E-state index contributed by atoms with van der Waals surface area (Å²) in [5.41, 5.74) is 1.51. The van der Waals surface area contributed by atoms with E-state index in [1.54, 1.807) is 11.3 Å². The molecule has 5 nitrogen and oxygen atoms in total. The molecule has 2 aromatic rings. The van der Waals surface area contributed by atoms with Gasteiger partial charge in [-0.2, -0.15) is 15.8 Å². The van der Waals surface area contributed by atoms with Crippen LogP contribution in [-0.2, 0) is 6.54 Å². The summed E-state index contributed by atoms with van der Waals surface area (Å²) in [5, 5.41) is 40.8. The van der Waals surface area contributed by atoms with Gasteiger partial charge in [0.2, 0.25) is 0 Å². The number of fused-ring (bicyclic) bond motifs is 1. The summed E-state index contributed by atoms with van der Waals surface area (Å²) in [6.45, 7) is 4.35. The molecule has 1 saturated carbocycles. The minimum absolute atomic E-state index is 0.0678. The highest BCUT2D eigenvalue weighted by molar-refractivity contribution is 7.10. The third-order valence-corrected chi connectivity index (χ3v) is 7.54. The lowest BCUT2D eigenvalue weighted by Gasteiger charge is -2.46. The lowest BCUT2D eigenvalue weighted by molar-refractivity contribution is -0.913. The van der Waals surface area contributed by atoms with Gasteiger partial charge in [-0.3, -0.25) is 0 Å². The predicted octanol–water partition coefficient (Wildman–Crippen LogP) is 2.99. The van der Waals surface area contributed by atoms with E-state index in [4.69, 9.17) is 5.41 Å². The molecule has 1 aromatic carbocycles. The van der Waals surface area contributed by atoms with Gasteiger partial charge >= 0.3 is 0 Å². The molecule has 2 aliphatic rings. The highest BCUT2D eigenvalue weighted by Crippen LogP contribution is 2.54. The van der Waals surface area contributed by atoms with E-state index in [1.165, 1.54) is 10.5 Å². The number of aryl methyl sites for hydroxylation is 1. The van der Waals surface area contributed by atoms with E-state index in [0.717, 1.165) is 35.6 Å². The number of nitriles is 3. The Kier molecular flexibility index (Phi) is 5.27. The Labute approximate surface area is 180 Å². The van der Waals surface area contributed by atoms with Crippen molar-refractivity contribution in [3.8, 4) is 18.2 Å². The Morgan fingerprint density at radius 1 is 1.17 bits per heavy atom. The van der Waals surface area contributed by atoms with Crippen LogP contribution in [0.3, 0.4) is 0 Å². The van der Waals surface area contributed by atoms with Crippen molar-refractivity contribution in [2.24, 2.45) is 17.3 Å². The summed E-state index contributed by atoms with van der Waals surface area (Å²) in [6, 6.07) is 18.9. The van der Waals surface area contributed by atoms with E-state index < -0.39 is 17.3 Å². The van der Waals surface area contributed by atoms with Crippen LogP contribution in [0.1, 0.15) is 21.9 Å². The van der Waals surface area contributed by atoms with Crippen molar-refractivity contribution < 1.29 is 4.90 Å². The van der Waals surface area contributed by atoms with Crippen LogP contribution in [-0.4, -0.2) is 18.8 Å². The topological polar surface area (TPSA) is 99.7 Å². The minimum atomic E-state index is -1.62. The molecule has 2 heterocycles. The maximum atomic E-state index is 10.1. The monoisotopic (exact) mass is 412 g/mol. The number of benzene rings is 1. The zero-order valence-electron chi connectivity index (χ0n) is 16.7. The molecule has 0 amide bonds. The fraction of sp³-hybridized carbons (Fsp3) is 0.333. The highest BCUT2D eigenvalue weighted by Gasteiger charge is 2.59. The number of rotatable bonds is 3. The van der Waals surface area contributed by atoms with Crippen LogP contribution < -0.4 is 4.90 Å². The molecule has 6 heteroatoms. The zero-order chi connectivity index (χ0) is 21.3. The minimum Gasteiger partial charge on any atom is -0.327 e. The average molecular weight is 413 g/mol. The molecule has 1 aliphatic carbocycles. The summed E-state index contributed by atoms with van der Waals surface area (Å²) in [7, 11) is 0. The molecule has 30 heavy (non-hydrogen) atoms. The molecule has 4 rings (SSSR count). The third kappa shape index (κ3) is 3.04. The quantitative estimate of drug-likeness (QED) is 0.758. The Balaban J connectivity index is 1.81. The first-order chi connectivity index (χ1) is 14.6. The molecule has 2 N–H and O–H groups in total. The lowest BCUT2D eigenvalue weighted by atomic mass is 9.55. The number of nitrogens with one attached hydrogen (secondary N) is 2. The van der Waals surface area contributed by atoms with Crippen molar-refractivity contribution in [2.45, 2.75) is 19.4 Å². The second kappa shape index (κ2) is 7.88. The van der Waals surface area contributed by atoms with Gasteiger partial charge in [0.25, 0.3) is 0 Å². The van der Waals surface area contributed by atoms with Gasteiger partial charge in [-0.15, -0.1) is 11.3 Å². The van der Waals surface area contributed by atoms with E-state index in [-0.39, 0.29) is 11.6 Å². The number of nitrogens with zero attached hydrogens (tertiary/aromatic N) is 3. The van der Waals surface area contributed by atoms with Crippen molar-refractivity contribution in [3.63, 3.8) is 0 Å². The molecule has 1 fully saturated rings. The van der Waals surface area contributed by atoms with Crippen LogP contribution in [0.5, 0.6) is 0 Å². The van der Waals surface area contributed by atoms with Crippen molar-refractivity contribution in [1.29, 1.82) is 21.2 Å². The van der Waals surface area contributed by atoms with Gasteiger partial charge in [0.15, 0.2) is 5.41 Å². The molecule has 148 valence electrons. The summed E-state index contributed by atoms with van der Waals surface area (Å²) in [5.74, 6) is -1.35. The highest BCUT2D eigenvalue weighted by atomic mass is 32.1. The van der Waals surface area contributed by atoms with Crippen LogP contribution in [0.2, 0.25) is 0 Å². The first kappa shape index (κ1) is 20.0. The van der Waals surface area contributed by atoms with Gasteiger partial charge in [0.1, 0.15) is 12.5 Å². The van der Waals surface area contributed by atoms with E-state index in [2.05, 4.69) is 36.4 Å². The van der Waals surface area contributed by atoms with E-state index in [0.29, 0.717) is 0 Å². The van der Waals surface area contributed by atoms with Crippen LogP contribution in [0.15, 0.2) is 53.4 Å². The largest absolute Gasteiger partial charge is 0.327 e. The Hall–Kier alpha value is -3.24. The van der Waals surface area contributed by atoms with Crippen LogP contribution in [0.25, 0.3) is 0 Å². The fourth-order valence-electron chi connectivity index (χ4n) is 4.97. The average Bonchev–Trinajstić information content (AvgIpc) is 3.19. The fourth-order valence-corrected chi connectivity index (χ4v) is 6.13. The number of hydrogen-bond donors (Lipinski definition) is 2. The van der Waals surface area contributed by atoms with Crippen molar-refractivity contribution in [1.82, 2.24) is 0 Å². The molecule has 0 saturated heterocycles. The second-order valence-electron chi connectivity index (χ2n) is 8.08. The van der Waals surface area contributed by atoms with E-state index in [1.807, 2.05) is 36.6 Å². The summed E-state index contributed by atoms with van der Waals surface area (Å²) >= 11 is 1.54. The lowest BCUT2D eigenvalue weighted by Crippen LogP contribution is -3.12. The second-order valence-corrected chi connectivity index (χ2v) is 9.03. The molecular formula is C24H22N5S+. The van der Waals surface area contributed by atoms with Gasteiger partial charge in [0.05, 0.1) is 37.0 Å². The summed E-state index contributed by atoms with van der Waals surface area (Å²) in [4.78, 5) is 2.32.